The fourth-order valence-electron chi connectivity index (χ4n) is 1.01. The van der Waals surface area contributed by atoms with Crippen LogP contribution in [0.1, 0.15) is 6.92 Å². The van der Waals surface area contributed by atoms with Gasteiger partial charge < -0.3 is 5.11 Å². The molecule has 0 bridgehead atoms. The van der Waals surface area contributed by atoms with Crippen molar-refractivity contribution in [3.63, 3.8) is 0 Å². The Morgan fingerprint density at radius 1 is 1.69 bits per heavy atom. The lowest BCUT2D eigenvalue weighted by Gasteiger charge is -2.08. The van der Waals surface area contributed by atoms with Gasteiger partial charge in [0.1, 0.15) is 5.82 Å². The molecule has 1 rings (SSSR count). The SMILES string of the molecule is CC(CO)Sc1cc(Cl)c(F)cc1[N+](=O)[O-]. The number of benzene rings is 1. The fraction of sp³-hybridized carbons (Fsp3) is 0.333. The summed E-state index contributed by atoms with van der Waals surface area (Å²) in [5.74, 6) is -0.825. The maximum absolute atomic E-state index is 13.0. The van der Waals surface area contributed by atoms with E-state index in [0.717, 1.165) is 17.8 Å². The molecular weight excluding hydrogens is 257 g/mol. The van der Waals surface area contributed by atoms with Gasteiger partial charge in [0, 0.05) is 5.25 Å². The second kappa shape index (κ2) is 5.47. The van der Waals surface area contributed by atoms with Crippen molar-refractivity contribution >= 4 is 29.1 Å². The summed E-state index contributed by atoms with van der Waals surface area (Å²) in [6.45, 7) is 1.57. The number of nitro groups is 1. The second-order valence-electron chi connectivity index (χ2n) is 3.10. The Balaban J connectivity index is 3.14. The Morgan fingerprint density at radius 2 is 2.31 bits per heavy atom. The fourth-order valence-corrected chi connectivity index (χ4v) is 2.19. The van der Waals surface area contributed by atoms with E-state index in [1.165, 1.54) is 6.07 Å². The van der Waals surface area contributed by atoms with E-state index in [4.69, 9.17) is 16.7 Å². The van der Waals surface area contributed by atoms with Gasteiger partial charge in [0.15, 0.2) is 0 Å². The van der Waals surface area contributed by atoms with Crippen LogP contribution in [0.4, 0.5) is 10.1 Å². The molecule has 0 aliphatic heterocycles. The first-order valence-corrected chi connectivity index (χ1v) is 5.62. The molecule has 0 fully saturated rings. The summed E-state index contributed by atoms with van der Waals surface area (Å²) < 4.78 is 13.0. The van der Waals surface area contributed by atoms with Crippen molar-refractivity contribution in [2.75, 3.05) is 6.61 Å². The van der Waals surface area contributed by atoms with Crippen molar-refractivity contribution in [1.29, 1.82) is 0 Å². The Labute approximate surface area is 101 Å². The van der Waals surface area contributed by atoms with Gasteiger partial charge in [-0.2, -0.15) is 0 Å². The number of hydrogen-bond acceptors (Lipinski definition) is 4. The van der Waals surface area contributed by atoms with Crippen molar-refractivity contribution in [3.05, 3.63) is 33.1 Å². The number of hydrogen-bond donors (Lipinski definition) is 1. The van der Waals surface area contributed by atoms with E-state index in [0.29, 0.717) is 0 Å². The molecule has 0 saturated carbocycles. The van der Waals surface area contributed by atoms with Crippen LogP contribution in [0.5, 0.6) is 0 Å². The Morgan fingerprint density at radius 3 is 2.81 bits per heavy atom. The van der Waals surface area contributed by atoms with Crippen molar-refractivity contribution in [1.82, 2.24) is 0 Å². The Hall–Kier alpha value is -0.850. The summed E-state index contributed by atoms with van der Waals surface area (Å²) in [5, 5.41) is 19.1. The van der Waals surface area contributed by atoms with Gasteiger partial charge in [0.2, 0.25) is 0 Å². The molecule has 88 valence electrons. The highest BCUT2D eigenvalue weighted by Gasteiger charge is 2.19. The van der Waals surface area contributed by atoms with Gasteiger partial charge in [-0.05, 0) is 6.07 Å². The molecule has 0 aliphatic carbocycles. The summed E-state index contributed by atoms with van der Waals surface area (Å²) >= 11 is 6.62. The standard InChI is InChI=1S/C9H9ClFNO3S/c1-5(4-13)16-9-2-6(10)7(11)3-8(9)12(14)15/h2-3,5,13H,4H2,1H3. The predicted octanol–water partition coefficient (Wildman–Crippen LogP) is 2.86. The maximum Gasteiger partial charge on any atom is 0.285 e. The molecule has 0 heterocycles. The van der Waals surface area contributed by atoms with Crippen LogP contribution in [0.3, 0.4) is 0 Å². The van der Waals surface area contributed by atoms with E-state index < -0.39 is 10.7 Å². The monoisotopic (exact) mass is 265 g/mol. The van der Waals surface area contributed by atoms with Gasteiger partial charge >= 0.3 is 0 Å². The molecule has 1 aromatic carbocycles. The minimum atomic E-state index is -0.825. The van der Waals surface area contributed by atoms with Gasteiger partial charge in [-0.3, -0.25) is 10.1 Å². The molecule has 4 nitrogen and oxygen atoms in total. The predicted molar refractivity (Wildman–Crippen MR) is 60.5 cm³/mol. The molecule has 0 aliphatic rings. The highest BCUT2D eigenvalue weighted by Crippen LogP contribution is 2.35. The lowest BCUT2D eigenvalue weighted by atomic mass is 10.3. The smallest absolute Gasteiger partial charge is 0.285 e. The van der Waals surface area contributed by atoms with Crippen LogP contribution in [0.25, 0.3) is 0 Å². The van der Waals surface area contributed by atoms with Gasteiger partial charge in [-0.25, -0.2) is 4.39 Å². The van der Waals surface area contributed by atoms with Crippen LogP contribution >= 0.6 is 23.4 Å². The molecule has 1 aromatic rings. The lowest BCUT2D eigenvalue weighted by molar-refractivity contribution is -0.387. The molecule has 0 amide bonds. The minimum Gasteiger partial charge on any atom is -0.395 e. The van der Waals surface area contributed by atoms with E-state index in [-0.39, 0.29) is 27.5 Å². The van der Waals surface area contributed by atoms with Crippen LogP contribution in [-0.2, 0) is 0 Å². The third kappa shape index (κ3) is 3.07. The highest BCUT2D eigenvalue weighted by molar-refractivity contribution is 8.00. The number of aliphatic hydroxyl groups excluding tert-OH is 1. The van der Waals surface area contributed by atoms with Crippen LogP contribution in [0, 0.1) is 15.9 Å². The van der Waals surface area contributed by atoms with E-state index in [1.807, 2.05) is 0 Å². The van der Waals surface area contributed by atoms with Crippen molar-refractivity contribution < 1.29 is 14.4 Å². The quantitative estimate of drug-likeness (QED) is 0.516. The van der Waals surface area contributed by atoms with Gasteiger partial charge in [-0.1, -0.05) is 18.5 Å². The molecule has 0 spiro atoms. The number of thioether (sulfide) groups is 1. The normalized spacial score (nSPS) is 12.5. The minimum absolute atomic E-state index is 0.128. The molecular formula is C9H9ClFNO3S. The average molecular weight is 266 g/mol. The molecule has 1 N–H and O–H groups in total. The first-order chi connectivity index (χ1) is 7.45. The number of nitrogens with zero attached hydrogens (tertiary/aromatic N) is 1. The molecule has 16 heavy (non-hydrogen) atoms. The summed E-state index contributed by atoms with van der Waals surface area (Å²) in [5.41, 5.74) is -0.341. The number of rotatable bonds is 4. The molecule has 1 unspecified atom stereocenters. The highest BCUT2D eigenvalue weighted by atomic mass is 35.5. The molecule has 7 heteroatoms. The number of nitro benzene ring substituents is 1. The van der Waals surface area contributed by atoms with E-state index in [1.54, 1.807) is 6.92 Å². The molecule has 0 aromatic heterocycles. The Kier molecular flexibility index (Phi) is 4.52. The van der Waals surface area contributed by atoms with E-state index >= 15 is 0 Å². The van der Waals surface area contributed by atoms with E-state index in [2.05, 4.69) is 0 Å². The molecule has 1 atom stereocenters. The van der Waals surface area contributed by atoms with Gasteiger partial charge in [0.05, 0.1) is 27.5 Å². The molecule has 0 radical (unpaired) electrons. The summed E-state index contributed by atoms with van der Waals surface area (Å²) in [7, 11) is 0. The topological polar surface area (TPSA) is 63.4 Å². The van der Waals surface area contributed by atoms with Crippen molar-refractivity contribution in [2.45, 2.75) is 17.1 Å². The third-order valence-electron chi connectivity index (χ3n) is 1.78. The van der Waals surface area contributed by atoms with Gasteiger partial charge in [-0.15, -0.1) is 11.8 Å². The number of aliphatic hydroxyl groups is 1. The van der Waals surface area contributed by atoms with Gasteiger partial charge in [0.25, 0.3) is 5.69 Å². The largest absolute Gasteiger partial charge is 0.395 e. The first-order valence-electron chi connectivity index (χ1n) is 4.36. The molecule has 0 saturated heterocycles. The average Bonchev–Trinajstić information content (AvgIpc) is 2.22. The van der Waals surface area contributed by atoms with Crippen LogP contribution in [-0.4, -0.2) is 21.9 Å². The maximum atomic E-state index is 13.0. The zero-order chi connectivity index (χ0) is 12.3. The first kappa shape index (κ1) is 13.2. The van der Waals surface area contributed by atoms with E-state index in [9.17, 15) is 14.5 Å². The second-order valence-corrected chi connectivity index (χ2v) is 4.99. The lowest BCUT2D eigenvalue weighted by Crippen LogP contribution is -2.03. The zero-order valence-corrected chi connectivity index (χ0v) is 9.89. The van der Waals surface area contributed by atoms with Crippen molar-refractivity contribution in [2.24, 2.45) is 0 Å². The zero-order valence-electron chi connectivity index (χ0n) is 8.31. The number of halogens is 2. The van der Waals surface area contributed by atoms with Crippen LogP contribution in [0.15, 0.2) is 17.0 Å². The third-order valence-corrected chi connectivity index (χ3v) is 3.21. The summed E-state index contributed by atoms with van der Waals surface area (Å²) in [6, 6.07) is 1.99. The van der Waals surface area contributed by atoms with Crippen LogP contribution in [0.2, 0.25) is 5.02 Å². The van der Waals surface area contributed by atoms with Crippen LogP contribution < -0.4 is 0 Å². The van der Waals surface area contributed by atoms with Crippen molar-refractivity contribution in [3.8, 4) is 0 Å². The summed E-state index contributed by atoms with van der Waals surface area (Å²) in [6.07, 6.45) is 0. The summed E-state index contributed by atoms with van der Waals surface area (Å²) in [4.78, 5) is 10.2. The Bertz CT molecular complexity index is 416.